The number of nitrogens with one attached hydrogen (secondary N) is 2. The molecule has 0 aliphatic carbocycles. The van der Waals surface area contributed by atoms with Gasteiger partial charge in [0.05, 0.1) is 39.3 Å². The smallest absolute Gasteiger partial charge is 0.348 e. The number of hydrogen-bond acceptors (Lipinski definition) is 7. The van der Waals surface area contributed by atoms with E-state index in [0.29, 0.717) is 21.1 Å². The molecule has 5 aromatic rings. The number of anilines is 1. The van der Waals surface area contributed by atoms with Crippen molar-refractivity contribution >= 4 is 40.7 Å². The van der Waals surface area contributed by atoms with Crippen molar-refractivity contribution in [3.8, 4) is 11.8 Å². The largest absolute Gasteiger partial charge is 0.455 e. The van der Waals surface area contributed by atoms with Gasteiger partial charge in [-0.1, -0.05) is 47.5 Å². The van der Waals surface area contributed by atoms with Gasteiger partial charge in [-0.25, -0.2) is 4.68 Å². The minimum absolute atomic E-state index is 0.0254. The number of aromatic nitrogens is 6. The lowest BCUT2D eigenvalue weighted by atomic mass is 10.0. The van der Waals surface area contributed by atoms with Crippen molar-refractivity contribution in [2.24, 2.45) is 0 Å². The van der Waals surface area contributed by atoms with E-state index >= 15 is 0 Å². The summed E-state index contributed by atoms with van der Waals surface area (Å²) in [5, 5.41) is 29.9. The number of nitriles is 1. The fraction of sp³-hybridized carbons (Fsp3) is 0.138. The van der Waals surface area contributed by atoms with Gasteiger partial charge in [0.1, 0.15) is 12.2 Å². The Morgan fingerprint density at radius 2 is 1.78 bits per heavy atom. The summed E-state index contributed by atoms with van der Waals surface area (Å²) < 4.78 is 40.2. The standard InChI is InChI=1S/C29H20Cl2F3N9O2/c1-16-9-18(13-35)11-21(26(44)36-14-17-5-4-6-19(30)10-17)25(16)37-27(45)24-12-20(15-42-40-28(38-41-42)29(32,33)34)39-43(24)23-8-3-2-7-22(23)31/h2-12H,14-15H2,1H3,(H,36,44)(H,37,45). The maximum absolute atomic E-state index is 13.8. The second-order valence-electron chi connectivity index (χ2n) is 9.62. The molecule has 0 bridgehead atoms. The zero-order valence-corrected chi connectivity index (χ0v) is 24.6. The molecule has 2 heterocycles. The van der Waals surface area contributed by atoms with Crippen LogP contribution >= 0.6 is 23.2 Å². The summed E-state index contributed by atoms with van der Waals surface area (Å²) in [6, 6.07) is 19.6. The number of carbonyl (C=O) groups is 2. The molecule has 0 unspecified atom stereocenters. The number of tetrazole rings is 1. The highest BCUT2D eigenvalue weighted by Crippen LogP contribution is 2.27. The number of halogens is 5. The van der Waals surface area contributed by atoms with Crippen LogP contribution in [0.1, 0.15) is 49.1 Å². The zero-order chi connectivity index (χ0) is 32.3. The molecule has 45 heavy (non-hydrogen) atoms. The Labute approximate surface area is 263 Å². The molecule has 5 rings (SSSR count). The van der Waals surface area contributed by atoms with Gasteiger partial charge >= 0.3 is 6.18 Å². The molecule has 0 spiro atoms. The molecule has 0 saturated carbocycles. The van der Waals surface area contributed by atoms with Crippen LogP contribution in [-0.4, -0.2) is 41.8 Å². The summed E-state index contributed by atoms with van der Waals surface area (Å²) in [4.78, 5) is 27.8. The highest BCUT2D eigenvalue weighted by molar-refractivity contribution is 6.32. The minimum Gasteiger partial charge on any atom is -0.348 e. The quantitative estimate of drug-likeness (QED) is 0.222. The van der Waals surface area contributed by atoms with E-state index in [1.807, 2.05) is 6.07 Å². The van der Waals surface area contributed by atoms with Crippen LogP contribution < -0.4 is 10.6 Å². The second-order valence-corrected chi connectivity index (χ2v) is 10.5. The lowest BCUT2D eigenvalue weighted by molar-refractivity contribution is -0.145. The van der Waals surface area contributed by atoms with Crippen LogP contribution in [0, 0.1) is 18.3 Å². The maximum Gasteiger partial charge on any atom is 0.455 e. The number of nitrogens with zero attached hydrogens (tertiary/aromatic N) is 7. The van der Waals surface area contributed by atoms with Crippen LogP contribution in [0.2, 0.25) is 10.0 Å². The minimum atomic E-state index is -4.79. The van der Waals surface area contributed by atoms with Gasteiger partial charge in [-0.3, -0.25) is 9.59 Å². The van der Waals surface area contributed by atoms with Gasteiger partial charge in [-0.05, 0) is 65.7 Å². The number of carbonyl (C=O) groups excluding carboxylic acids is 2. The molecule has 0 aliphatic heterocycles. The number of rotatable bonds is 8. The SMILES string of the molecule is Cc1cc(C#N)cc(C(=O)NCc2cccc(Cl)c2)c1NC(=O)c1cc(Cn2nnc(C(F)(F)F)n2)nn1-c1ccccc1Cl. The lowest BCUT2D eigenvalue weighted by Gasteiger charge is -2.16. The van der Waals surface area contributed by atoms with Gasteiger partial charge in [0, 0.05) is 11.6 Å². The number of amides is 2. The van der Waals surface area contributed by atoms with Gasteiger partial charge in [-0.15, -0.1) is 10.2 Å². The Balaban J connectivity index is 1.49. The predicted molar refractivity (Wildman–Crippen MR) is 157 cm³/mol. The lowest BCUT2D eigenvalue weighted by Crippen LogP contribution is -2.26. The first-order valence-corrected chi connectivity index (χ1v) is 13.8. The van der Waals surface area contributed by atoms with Crippen LogP contribution in [0.15, 0.2) is 66.7 Å². The van der Waals surface area contributed by atoms with E-state index in [-0.39, 0.29) is 46.3 Å². The van der Waals surface area contributed by atoms with Gasteiger partial charge < -0.3 is 10.6 Å². The van der Waals surface area contributed by atoms with Crippen molar-refractivity contribution in [1.29, 1.82) is 5.26 Å². The van der Waals surface area contributed by atoms with Gasteiger partial charge in [0.25, 0.3) is 17.6 Å². The fourth-order valence-corrected chi connectivity index (χ4v) is 4.77. The molecule has 0 aliphatic rings. The molecule has 0 fully saturated rings. The molecular weight excluding hydrogens is 634 g/mol. The molecule has 16 heteroatoms. The number of alkyl halides is 3. The topological polar surface area (TPSA) is 143 Å². The number of hydrogen-bond donors (Lipinski definition) is 2. The van der Waals surface area contributed by atoms with E-state index < -0.39 is 23.8 Å². The van der Waals surface area contributed by atoms with E-state index in [9.17, 15) is 28.0 Å². The highest BCUT2D eigenvalue weighted by Gasteiger charge is 2.37. The first kappa shape index (κ1) is 31.2. The molecular formula is C29H20Cl2F3N9O2. The first-order valence-electron chi connectivity index (χ1n) is 13.0. The Morgan fingerprint density at radius 3 is 2.47 bits per heavy atom. The number of benzene rings is 3. The molecule has 0 saturated heterocycles. The van der Waals surface area contributed by atoms with Crippen molar-refractivity contribution in [2.45, 2.75) is 26.2 Å². The van der Waals surface area contributed by atoms with Crippen molar-refractivity contribution in [2.75, 3.05) is 5.32 Å². The van der Waals surface area contributed by atoms with E-state index in [1.165, 1.54) is 22.9 Å². The molecule has 228 valence electrons. The summed E-state index contributed by atoms with van der Waals surface area (Å²) in [5.74, 6) is -2.72. The Morgan fingerprint density at radius 1 is 1.00 bits per heavy atom. The van der Waals surface area contributed by atoms with Crippen molar-refractivity contribution < 1.29 is 22.8 Å². The third kappa shape index (κ3) is 7.11. The molecule has 0 atom stereocenters. The van der Waals surface area contributed by atoms with Gasteiger partial charge in [0.15, 0.2) is 0 Å². The predicted octanol–water partition coefficient (Wildman–Crippen LogP) is 5.60. The van der Waals surface area contributed by atoms with E-state index in [1.54, 1.807) is 55.5 Å². The molecule has 3 aromatic carbocycles. The summed E-state index contributed by atoms with van der Waals surface area (Å²) in [6.07, 6.45) is -4.79. The highest BCUT2D eigenvalue weighted by atomic mass is 35.5. The second kappa shape index (κ2) is 12.8. The molecule has 2 aromatic heterocycles. The fourth-order valence-electron chi connectivity index (χ4n) is 4.34. The average Bonchev–Trinajstić information content (AvgIpc) is 3.65. The van der Waals surface area contributed by atoms with Crippen LogP contribution in [0.5, 0.6) is 0 Å². The first-order chi connectivity index (χ1) is 21.4. The van der Waals surface area contributed by atoms with Crippen molar-refractivity contribution in [1.82, 2.24) is 35.3 Å². The van der Waals surface area contributed by atoms with Crippen molar-refractivity contribution in [3.05, 3.63) is 116 Å². The normalized spacial score (nSPS) is 11.2. The summed E-state index contributed by atoms with van der Waals surface area (Å²) >= 11 is 12.4. The zero-order valence-electron chi connectivity index (χ0n) is 23.1. The van der Waals surface area contributed by atoms with Crippen molar-refractivity contribution in [3.63, 3.8) is 0 Å². The molecule has 2 N–H and O–H groups in total. The summed E-state index contributed by atoms with van der Waals surface area (Å²) in [6.45, 7) is 1.39. The number of aryl methyl sites for hydroxylation is 1. The Hall–Kier alpha value is -5.26. The molecule has 2 amide bonds. The van der Waals surface area contributed by atoms with Crippen LogP contribution in [0.3, 0.4) is 0 Å². The van der Waals surface area contributed by atoms with Gasteiger partial charge in [-0.2, -0.15) is 28.3 Å². The van der Waals surface area contributed by atoms with E-state index in [2.05, 4.69) is 31.1 Å². The third-order valence-corrected chi connectivity index (χ3v) is 6.93. The maximum atomic E-state index is 13.8. The average molecular weight is 654 g/mol. The third-order valence-electron chi connectivity index (χ3n) is 6.37. The van der Waals surface area contributed by atoms with E-state index in [4.69, 9.17) is 23.2 Å². The Bertz CT molecular complexity index is 1970. The Kier molecular flexibility index (Phi) is 8.84. The van der Waals surface area contributed by atoms with Crippen LogP contribution in [-0.2, 0) is 19.3 Å². The molecule has 11 nitrogen and oxygen atoms in total. The molecule has 0 radical (unpaired) electrons. The summed E-state index contributed by atoms with van der Waals surface area (Å²) in [7, 11) is 0. The van der Waals surface area contributed by atoms with Crippen LogP contribution in [0.25, 0.3) is 5.69 Å². The summed E-state index contributed by atoms with van der Waals surface area (Å²) in [5.41, 5.74) is 1.85. The monoisotopic (exact) mass is 653 g/mol. The number of para-hydroxylation sites is 1. The van der Waals surface area contributed by atoms with Gasteiger partial charge in [0.2, 0.25) is 0 Å². The van der Waals surface area contributed by atoms with Crippen LogP contribution in [0.4, 0.5) is 18.9 Å². The van der Waals surface area contributed by atoms with E-state index in [0.717, 1.165) is 5.56 Å².